The molecule has 0 N–H and O–H groups in total. The Hall–Kier alpha value is -7.48. The Morgan fingerprint density at radius 2 is 0.983 bits per heavy atom. The van der Waals surface area contributed by atoms with Gasteiger partial charge < -0.3 is 4.90 Å². The molecule has 0 heterocycles. The predicted octanol–water partition coefficient (Wildman–Crippen LogP) is 16.2. The van der Waals surface area contributed by atoms with Crippen molar-refractivity contribution in [1.29, 1.82) is 0 Å². The van der Waals surface area contributed by atoms with E-state index in [1.54, 1.807) is 0 Å². The van der Waals surface area contributed by atoms with E-state index in [0.717, 1.165) is 12.1 Å². The average molecular weight is 766 g/mol. The van der Waals surface area contributed by atoms with Gasteiger partial charge in [-0.3, -0.25) is 0 Å². The highest BCUT2D eigenvalue weighted by atomic mass is 15.2. The molecule has 11 rings (SSSR count). The normalized spacial score (nSPS) is 15.1. The maximum absolute atomic E-state index is 2.59. The molecule has 0 aliphatic heterocycles. The average Bonchev–Trinajstić information content (AvgIpc) is 3.32. The highest BCUT2D eigenvalue weighted by Crippen LogP contribution is 2.46. The van der Waals surface area contributed by atoms with Crippen LogP contribution in [0, 0.1) is 0 Å². The molecule has 0 saturated carbocycles. The Morgan fingerprint density at radius 3 is 1.78 bits per heavy atom. The molecule has 1 atom stereocenters. The molecule has 0 aromatic heterocycles. The lowest BCUT2D eigenvalue weighted by molar-refractivity contribution is 0.572. The van der Waals surface area contributed by atoms with Gasteiger partial charge in [0.15, 0.2) is 0 Å². The van der Waals surface area contributed by atoms with Crippen LogP contribution in [0.15, 0.2) is 231 Å². The van der Waals surface area contributed by atoms with Crippen LogP contribution in [0.1, 0.15) is 18.9 Å². The summed E-state index contributed by atoms with van der Waals surface area (Å²) in [6, 6.07) is 78.0. The van der Waals surface area contributed by atoms with Crippen molar-refractivity contribution in [3.05, 3.63) is 236 Å². The topological polar surface area (TPSA) is 3.24 Å². The summed E-state index contributed by atoms with van der Waals surface area (Å²) in [5.41, 5.74) is 11.7. The van der Waals surface area contributed by atoms with E-state index in [-0.39, 0.29) is 5.54 Å². The molecular weight excluding hydrogens is 723 g/mol. The van der Waals surface area contributed by atoms with Crippen molar-refractivity contribution >= 4 is 60.0 Å². The van der Waals surface area contributed by atoms with Crippen molar-refractivity contribution in [3.8, 4) is 33.4 Å². The van der Waals surface area contributed by atoms with E-state index in [9.17, 15) is 0 Å². The quantitative estimate of drug-likeness (QED) is 0.146. The Labute approximate surface area is 351 Å². The molecule has 60 heavy (non-hydrogen) atoms. The standard InChI is InChI=1S/C59H43N/c1-59(36-34-43(35-37-59)48-24-22-41-12-5-6-17-47(41)38-48)60(52-30-26-42(27-31-52)49-28-32-56-50(39-49)25-23-46-16-8-10-20-54(46)56)58-40-51(29-33-57(58)45-13-3-2-4-14-45)55-21-11-18-44-15-7-9-19-53(44)55/h2-36,38-40H,37H2,1H3. The Kier molecular flexibility index (Phi) is 8.75. The number of allylic oxidation sites excluding steroid dienone is 2. The lowest BCUT2D eigenvalue weighted by Gasteiger charge is -2.43. The molecule has 0 saturated heterocycles. The minimum Gasteiger partial charge on any atom is -0.331 e. The van der Waals surface area contributed by atoms with E-state index in [0.29, 0.717) is 0 Å². The smallest absolute Gasteiger partial charge is 0.0643 e. The van der Waals surface area contributed by atoms with Gasteiger partial charge >= 0.3 is 0 Å². The van der Waals surface area contributed by atoms with E-state index in [1.807, 2.05) is 0 Å². The molecule has 0 radical (unpaired) electrons. The third-order valence-electron chi connectivity index (χ3n) is 12.6. The first-order valence-corrected chi connectivity index (χ1v) is 21.0. The maximum atomic E-state index is 2.59. The Morgan fingerprint density at radius 1 is 0.383 bits per heavy atom. The van der Waals surface area contributed by atoms with E-state index >= 15 is 0 Å². The second-order valence-corrected chi connectivity index (χ2v) is 16.3. The molecule has 1 unspecified atom stereocenters. The van der Waals surface area contributed by atoms with E-state index in [2.05, 4.69) is 242 Å². The van der Waals surface area contributed by atoms with Crippen molar-refractivity contribution in [1.82, 2.24) is 0 Å². The van der Waals surface area contributed by atoms with Crippen LogP contribution in [0.2, 0.25) is 0 Å². The van der Waals surface area contributed by atoms with Gasteiger partial charge in [-0.25, -0.2) is 0 Å². The SMILES string of the molecule is CC1(N(c2ccc(-c3ccc4c(ccc5ccccc54)c3)cc2)c2cc(-c3cccc4ccccc34)ccc2-c2ccccc2)C=CC(c2ccc3ccccc3c2)=CC1. The highest BCUT2D eigenvalue weighted by Gasteiger charge is 2.34. The van der Waals surface area contributed by atoms with Crippen molar-refractivity contribution in [3.63, 3.8) is 0 Å². The summed E-state index contributed by atoms with van der Waals surface area (Å²) < 4.78 is 0. The van der Waals surface area contributed by atoms with Crippen LogP contribution in [-0.2, 0) is 0 Å². The van der Waals surface area contributed by atoms with E-state index in [4.69, 9.17) is 0 Å². The third-order valence-corrected chi connectivity index (χ3v) is 12.6. The van der Waals surface area contributed by atoms with Crippen LogP contribution in [-0.4, -0.2) is 5.54 Å². The Bertz CT molecular complexity index is 3290. The van der Waals surface area contributed by atoms with Crippen LogP contribution in [0.3, 0.4) is 0 Å². The van der Waals surface area contributed by atoms with Crippen molar-refractivity contribution in [2.75, 3.05) is 4.90 Å². The first-order valence-electron chi connectivity index (χ1n) is 21.0. The van der Waals surface area contributed by atoms with Crippen LogP contribution in [0.25, 0.3) is 82.0 Å². The fraction of sp³-hybridized carbons (Fsp3) is 0.0508. The molecule has 1 heteroatoms. The minimum absolute atomic E-state index is 0.382. The zero-order valence-electron chi connectivity index (χ0n) is 33.6. The number of rotatable bonds is 7. The van der Waals surface area contributed by atoms with Crippen LogP contribution in [0.5, 0.6) is 0 Å². The van der Waals surface area contributed by atoms with Gasteiger partial charge in [0.05, 0.1) is 11.2 Å². The largest absolute Gasteiger partial charge is 0.331 e. The molecule has 1 nitrogen and oxygen atoms in total. The number of anilines is 2. The number of hydrogen-bond donors (Lipinski definition) is 0. The van der Waals surface area contributed by atoms with Crippen molar-refractivity contribution in [2.45, 2.75) is 18.9 Å². The molecule has 10 aromatic carbocycles. The van der Waals surface area contributed by atoms with Gasteiger partial charge in [0, 0.05) is 11.3 Å². The van der Waals surface area contributed by atoms with Crippen LogP contribution < -0.4 is 4.90 Å². The fourth-order valence-electron chi connectivity index (χ4n) is 9.40. The summed E-state index contributed by atoms with van der Waals surface area (Å²) in [4.78, 5) is 2.59. The summed E-state index contributed by atoms with van der Waals surface area (Å²) in [6.07, 6.45) is 8.03. The Balaban J connectivity index is 1.06. The number of benzene rings is 10. The highest BCUT2D eigenvalue weighted by molar-refractivity contribution is 6.08. The number of nitrogens with zero attached hydrogens (tertiary/aromatic N) is 1. The van der Waals surface area contributed by atoms with Gasteiger partial charge in [-0.15, -0.1) is 0 Å². The minimum atomic E-state index is -0.382. The summed E-state index contributed by atoms with van der Waals surface area (Å²) in [6.45, 7) is 2.39. The molecule has 0 fully saturated rings. The number of fused-ring (bicyclic) bond motifs is 5. The van der Waals surface area contributed by atoms with Crippen LogP contribution >= 0.6 is 0 Å². The van der Waals surface area contributed by atoms with Crippen molar-refractivity contribution in [2.24, 2.45) is 0 Å². The van der Waals surface area contributed by atoms with Crippen molar-refractivity contribution < 1.29 is 0 Å². The van der Waals surface area contributed by atoms with Gasteiger partial charge in [0.1, 0.15) is 0 Å². The second-order valence-electron chi connectivity index (χ2n) is 16.3. The van der Waals surface area contributed by atoms with E-state index < -0.39 is 0 Å². The predicted molar refractivity (Wildman–Crippen MR) is 258 cm³/mol. The fourth-order valence-corrected chi connectivity index (χ4v) is 9.40. The molecule has 1 aliphatic carbocycles. The van der Waals surface area contributed by atoms with Gasteiger partial charge in [0.2, 0.25) is 0 Å². The van der Waals surface area contributed by atoms with E-state index in [1.165, 1.54) is 93.3 Å². The summed E-state index contributed by atoms with van der Waals surface area (Å²) in [5, 5.41) is 10.1. The summed E-state index contributed by atoms with van der Waals surface area (Å²) >= 11 is 0. The first kappa shape index (κ1) is 35.7. The van der Waals surface area contributed by atoms with Gasteiger partial charge in [-0.05, 0) is 126 Å². The molecule has 1 aliphatic rings. The lowest BCUT2D eigenvalue weighted by atomic mass is 9.84. The van der Waals surface area contributed by atoms with Gasteiger partial charge in [0.25, 0.3) is 0 Å². The molecule has 0 spiro atoms. The maximum Gasteiger partial charge on any atom is 0.0643 e. The molecule has 284 valence electrons. The first-order chi connectivity index (χ1) is 29.6. The number of hydrogen-bond acceptors (Lipinski definition) is 1. The monoisotopic (exact) mass is 765 g/mol. The lowest BCUT2D eigenvalue weighted by Crippen LogP contribution is -2.42. The van der Waals surface area contributed by atoms with Gasteiger partial charge in [-0.1, -0.05) is 200 Å². The van der Waals surface area contributed by atoms with Gasteiger partial charge in [-0.2, -0.15) is 0 Å². The molecule has 0 amide bonds. The summed E-state index contributed by atoms with van der Waals surface area (Å²) in [5.74, 6) is 0. The third kappa shape index (κ3) is 6.36. The molecule has 0 bridgehead atoms. The zero-order valence-corrected chi connectivity index (χ0v) is 33.6. The second kappa shape index (κ2) is 14.7. The zero-order chi connectivity index (χ0) is 40.0. The molecular formula is C59H43N. The molecule has 10 aromatic rings. The van der Waals surface area contributed by atoms with Crippen LogP contribution in [0.4, 0.5) is 11.4 Å². The summed E-state index contributed by atoms with van der Waals surface area (Å²) in [7, 11) is 0.